The zero-order valence-electron chi connectivity index (χ0n) is 45.0. The van der Waals surface area contributed by atoms with E-state index in [1.807, 2.05) is 71.0 Å². The second-order valence-electron chi connectivity index (χ2n) is 17.1. The van der Waals surface area contributed by atoms with Gasteiger partial charge in [-0.05, 0) is 87.9 Å². The van der Waals surface area contributed by atoms with Crippen LogP contribution in [0.4, 0.5) is 0 Å². The van der Waals surface area contributed by atoms with E-state index < -0.39 is 40.5 Å². The molecule has 0 saturated heterocycles. The molecule has 0 amide bonds. The fourth-order valence-corrected chi connectivity index (χ4v) is 9.47. The highest BCUT2D eigenvalue weighted by Crippen LogP contribution is 2.32. The van der Waals surface area contributed by atoms with Gasteiger partial charge < -0.3 is 0 Å². The minimum absolute atomic E-state index is 0.0111. The lowest BCUT2D eigenvalue weighted by Crippen LogP contribution is -2.08. The van der Waals surface area contributed by atoms with Crippen molar-refractivity contribution in [2.75, 3.05) is 12.0 Å². The molecule has 0 saturated carbocycles. The first-order chi connectivity index (χ1) is 38.8. The number of benzene rings is 6. The summed E-state index contributed by atoms with van der Waals surface area (Å²) in [6.45, 7) is 11.2. The fraction of sp³-hybridized carbons (Fsp3) is 0.158. The number of nitriles is 4. The van der Waals surface area contributed by atoms with Gasteiger partial charge in [-0.3, -0.25) is 17.1 Å². The van der Waals surface area contributed by atoms with E-state index in [1.54, 1.807) is 128 Å². The fourth-order valence-electron chi connectivity index (χ4n) is 6.26. The summed E-state index contributed by atoms with van der Waals surface area (Å²) in [7, 11) is -15.4. The molecule has 0 aromatic heterocycles. The minimum atomic E-state index is -4.04. The molecule has 6 aromatic rings. The van der Waals surface area contributed by atoms with Crippen LogP contribution in [0.1, 0.15) is 63.4 Å². The zero-order chi connectivity index (χ0) is 60.5. The second-order valence-corrected chi connectivity index (χ2v) is 24.3. The van der Waals surface area contributed by atoms with Gasteiger partial charge in [0.25, 0.3) is 0 Å². The van der Waals surface area contributed by atoms with Crippen molar-refractivity contribution in [1.29, 1.82) is 21.0 Å². The smallest absolute Gasteiger partial charge is 0.267 e. The number of oxime groups is 4. The summed E-state index contributed by atoms with van der Waals surface area (Å²) >= 11 is 1.22. The van der Waals surface area contributed by atoms with Crippen LogP contribution >= 0.6 is 11.8 Å². The Labute approximate surface area is 482 Å². The summed E-state index contributed by atoms with van der Waals surface area (Å²) in [6, 6.07) is 49.8. The van der Waals surface area contributed by atoms with Crippen LogP contribution in [0.25, 0.3) is 5.57 Å². The normalized spacial score (nSPS) is 13.5. The van der Waals surface area contributed by atoms with Gasteiger partial charge in [0.05, 0.1) is 17.6 Å². The Kier molecular flexibility index (Phi) is 24.7. The Morgan fingerprint density at radius 2 is 0.878 bits per heavy atom. The average molecular weight is 1200 g/mol. The minimum Gasteiger partial charge on any atom is -0.267 e. The highest BCUT2D eigenvalue weighted by Gasteiger charge is 2.22. The largest absolute Gasteiger partial charge is 0.358 e. The van der Waals surface area contributed by atoms with E-state index in [9.17, 15) is 38.9 Å². The second kappa shape index (κ2) is 31.0. The van der Waals surface area contributed by atoms with E-state index in [1.165, 1.54) is 36.0 Å². The summed E-state index contributed by atoms with van der Waals surface area (Å²) in [5.41, 5.74) is 7.99. The Morgan fingerprint density at radius 1 is 0.488 bits per heavy atom. The topological polar surface area (TPSA) is 318 Å². The Bertz CT molecular complexity index is 4050. The number of thioether (sulfide) groups is 1. The molecular weight excluding hydrogens is 1150 g/mol. The third-order valence-electron chi connectivity index (χ3n) is 10.5. The maximum atomic E-state index is 12.0. The van der Waals surface area contributed by atoms with Crippen molar-refractivity contribution in [1.82, 2.24) is 0 Å². The van der Waals surface area contributed by atoms with Crippen LogP contribution in [-0.4, -0.2) is 67.9 Å². The quantitative estimate of drug-likeness (QED) is 0.0494. The monoisotopic (exact) mass is 1200 g/mol. The molecule has 0 unspecified atom stereocenters. The molecule has 0 fully saturated rings. The Balaban J connectivity index is 0.000000237. The number of hydrogen-bond donors (Lipinski definition) is 0. The van der Waals surface area contributed by atoms with Gasteiger partial charge >= 0.3 is 40.5 Å². The molecule has 0 bridgehead atoms. The first kappa shape index (κ1) is 65.3. The molecule has 82 heavy (non-hydrogen) atoms. The van der Waals surface area contributed by atoms with E-state index in [2.05, 4.69) is 39.5 Å². The van der Waals surface area contributed by atoms with E-state index in [4.69, 9.17) is 20.1 Å². The van der Waals surface area contributed by atoms with Gasteiger partial charge in [-0.2, -0.15) is 54.7 Å². The summed E-state index contributed by atoms with van der Waals surface area (Å²) < 4.78 is 111. The first-order valence-electron chi connectivity index (χ1n) is 23.9. The van der Waals surface area contributed by atoms with E-state index in [-0.39, 0.29) is 32.7 Å². The van der Waals surface area contributed by atoms with Crippen LogP contribution in [0.2, 0.25) is 0 Å². The van der Waals surface area contributed by atoms with E-state index in [0.29, 0.717) is 39.3 Å². The van der Waals surface area contributed by atoms with Gasteiger partial charge in [-0.25, -0.2) is 0 Å². The predicted octanol–water partition coefficient (Wildman–Crippen LogP) is 10.4. The predicted molar refractivity (Wildman–Crippen MR) is 313 cm³/mol. The van der Waals surface area contributed by atoms with Crippen LogP contribution in [0.15, 0.2) is 199 Å². The van der Waals surface area contributed by atoms with Crippen LogP contribution < -0.4 is 0 Å². The van der Waals surface area contributed by atoms with Gasteiger partial charge in [0, 0.05) is 22.3 Å². The number of rotatable bonds is 16. The molecule has 20 nitrogen and oxygen atoms in total. The van der Waals surface area contributed by atoms with Crippen LogP contribution in [0, 0.1) is 79.9 Å². The molecule has 1 heterocycles. The Morgan fingerprint density at radius 3 is 1.27 bits per heavy atom. The molecule has 0 N–H and O–H groups in total. The lowest BCUT2D eigenvalue weighted by atomic mass is 9.97. The van der Waals surface area contributed by atoms with Crippen LogP contribution in [0.5, 0.6) is 0 Å². The van der Waals surface area contributed by atoms with Crippen LogP contribution in [0.3, 0.4) is 0 Å². The number of hydrogen-bond acceptors (Lipinski definition) is 21. The van der Waals surface area contributed by atoms with Crippen molar-refractivity contribution in [2.45, 2.75) is 57.8 Å². The van der Waals surface area contributed by atoms with Gasteiger partial charge in [0.1, 0.15) is 39.1 Å². The van der Waals surface area contributed by atoms with Crippen molar-refractivity contribution in [2.24, 2.45) is 20.6 Å². The van der Waals surface area contributed by atoms with Crippen molar-refractivity contribution < 1.29 is 50.8 Å². The number of allylic oxidation sites excluding steroid dienone is 2. The maximum Gasteiger partial charge on any atom is 0.358 e. The van der Waals surface area contributed by atoms with Crippen LogP contribution in [-0.2, 0) is 57.6 Å². The van der Waals surface area contributed by atoms with Gasteiger partial charge in [0.15, 0.2) is 17.1 Å². The summed E-state index contributed by atoms with van der Waals surface area (Å²) in [6.07, 6.45) is 3.05. The molecule has 0 aliphatic carbocycles. The molecule has 0 radical (unpaired) electrons. The highest BCUT2D eigenvalue weighted by atomic mass is 32.2. The third kappa shape index (κ3) is 21.1. The van der Waals surface area contributed by atoms with Gasteiger partial charge in [-0.15, -0.1) is 0 Å². The SMILES string of the molecule is CCCS(=O)(=O)O/N=C1\SC=C\C1=C(\C#N)c1ccccc1C.Cc1ccc(/C(C#N)=N/OS(=O)(=O)c2ccccc2)cc1.Cc1ccc(/C(C#N)=N/OS(C)(=O)=O)cc1.Cc1ccc(/C(C#N)=N\OS(=O)(=O)c2ccc(C)cc2)cc1. The molecule has 6 aromatic carbocycles. The van der Waals surface area contributed by atoms with Crippen molar-refractivity contribution in [3.63, 3.8) is 0 Å². The highest BCUT2D eigenvalue weighted by molar-refractivity contribution is 8.17. The Hall–Kier alpha value is -9.21. The lowest BCUT2D eigenvalue weighted by Gasteiger charge is -2.07. The van der Waals surface area contributed by atoms with E-state index >= 15 is 0 Å². The first-order valence-corrected chi connectivity index (χ1v) is 31.0. The molecule has 7 rings (SSSR count). The molecule has 25 heteroatoms. The number of nitrogens with zero attached hydrogens (tertiary/aromatic N) is 8. The van der Waals surface area contributed by atoms with Crippen molar-refractivity contribution in [3.05, 3.63) is 219 Å². The maximum absolute atomic E-state index is 12.0. The molecule has 1 aliphatic heterocycles. The lowest BCUT2D eigenvalue weighted by molar-refractivity contribution is 0.339. The molecule has 0 atom stereocenters. The molecule has 422 valence electrons. The summed E-state index contributed by atoms with van der Waals surface area (Å²) in [5.74, 6) is -0.0934. The average Bonchev–Trinajstić information content (AvgIpc) is 3.97. The summed E-state index contributed by atoms with van der Waals surface area (Å²) in [5, 5.41) is 52.5. The van der Waals surface area contributed by atoms with Crippen molar-refractivity contribution >= 4 is 80.0 Å². The molecule has 0 spiro atoms. The summed E-state index contributed by atoms with van der Waals surface area (Å²) in [4.78, 5) is -0.0296. The van der Waals surface area contributed by atoms with Crippen molar-refractivity contribution in [3.8, 4) is 24.3 Å². The van der Waals surface area contributed by atoms with Gasteiger partial charge in [0.2, 0.25) is 0 Å². The van der Waals surface area contributed by atoms with Gasteiger partial charge in [-0.1, -0.05) is 189 Å². The standard InChI is InChI=1S/C16H16N2O3S2.C16H14N2O3S.C15H12N2O3S.C10H10N2O3S/c1-3-10-23(19,20)21-18-16-14(8-9-22-16)15(11-17)13-7-5-4-6-12(13)2;1-12-3-7-14(8-4-12)16(11-17)18-21-22(19,20)15-9-5-13(2)6-10-15;1-12-7-9-13(10-8-12)15(11-16)17-20-21(18,19)14-5-3-2-4-6-14;1-8-3-5-9(6-4-8)10(7-11)12-15-16(2,13)14/h4-9H,3,10H2,1-2H3;3-10H,1-2H3;2-10H,1H3;3-6H,1-2H3/b15-14+,18-16-;18-16-;17-15+;12-10+. The third-order valence-corrected chi connectivity index (χ3v) is 15.1. The molecule has 1 aliphatic rings. The molecular formula is C57H52N8O12S5. The van der Waals surface area contributed by atoms with E-state index in [0.717, 1.165) is 39.6 Å². The zero-order valence-corrected chi connectivity index (χ0v) is 49.1. The number of aryl methyl sites for hydroxylation is 5.